The molecule has 0 aliphatic heterocycles. The molecule has 4 amide bonds. The summed E-state index contributed by atoms with van der Waals surface area (Å²) < 4.78 is 0. The van der Waals surface area contributed by atoms with E-state index in [0.717, 1.165) is 5.56 Å². The van der Waals surface area contributed by atoms with Crippen LogP contribution in [0.1, 0.15) is 30.4 Å². The maximum Gasteiger partial charge on any atom is 0.326 e. The van der Waals surface area contributed by atoms with Crippen molar-refractivity contribution in [1.82, 2.24) is 16.0 Å². The summed E-state index contributed by atoms with van der Waals surface area (Å²) >= 11 is 1.43. The fourth-order valence-corrected chi connectivity index (χ4v) is 4.38. The lowest BCUT2D eigenvalue weighted by Gasteiger charge is -2.25. The summed E-state index contributed by atoms with van der Waals surface area (Å²) in [7, 11) is 0. The van der Waals surface area contributed by atoms with E-state index < -0.39 is 53.8 Å². The number of primary amides is 1. The minimum Gasteiger partial charge on any atom is -0.508 e. The predicted molar refractivity (Wildman–Crippen MR) is 155 cm³/mol. The van der Waals surface area contributed by atoms with Crippen LogP contribution in [0, 0.1) is 0 Å². The number of phenolic OH excluding ortho intramolecular Hbond substituents is 1. The molecule has 4 unspecified atom stereocenters. The number of nitrogens with two attached hydrogens (primary N) is 2. The number of hydrogen-bond acceptors (Lipinski definition) is 8. The van der Waals surface area contributed by atoms with Crippen LogP contribution in [0.15, 0.2) is 54.6 Å². The second kappa shape index (κ2) is 16.9. The van der Waals surface area contributed by atoms with E-state index in [9.17, 15) is 34.2 Å². The number of nitrogens with one attached hydrogen (secondary N) is 3. The minimum atomic E-state index is -1.37. The highest BCUT2D eigenvalue weighted by Gasteiger charge is 2.30. The van der Waals surface area contributed by atoms with Crippen molar-refractivity contribution >= 4 is 41.4 Å². The van der Waals surface area contributed by atoms with Crippen molar-refractivity contribution < 1.29 is 34.2 Å². The second-order valence-corrected chi connectivity index (χ2v) is 10.5. The van der Waals surface area contributed by atoms with Gasteiger partial charge < -0.3 is 37.6 Å². The Hall–Kier alpha value is -4.10. The minimum absolute atomic E-state index is 0.0778. The lowest BCUT2D eigenvalue weighted by atomic mass is 10.0. The molecule has 0 spiro atoms. The average Bonchev–Trinajstić information content (AvgIpc) is 2.94. The number of carbonyl (C=O) groups is 5. The van der Waals surface area contributed by atoms with Crippen LogP contribution in [0.2, 0.25) is 0 Å². The molecule has 0 aliphatic carbocycles. The van der Waals surface area contributed by atoms with Gasteiger partial charge in [0.25, 0.3) is 0 Å². The zero-order valence-electron chi connectivity index (χ0n) is 22.7. The molecule has 12 nitrogen and oxygen atoms in total. The highest BCUT2D eigenvalue weighted by molar-refractivity contribution is 7.98. The lowest BCUT2D eigenvalue weighted by molar-refractivity contribution is -0.142. The van der Waals surface area contributed by atoms with Crippen LogP contribution >= 0.6 is 11.8 Å². The van der Waals surface area contributed by atoms with Gasteiger partial charge in [0, 0.05) is 12.8 Å². The van der Waals surface area contributed by atoms with Gasteiger partial charge in [-0.1, -0.05) is 42.5 Å². The number of hydrogen-bond donors (Lipinski definition) is 7. The number of carbonyl (C=O) groups excluding carboxylic acids is 4. The molecule has 2 rings (SSSR count). The van der Waals surface area contributed by atoms with Crippen molar-refractivity contribution in [3.05, 3.63) is 65.7 Å². The van der Waals surface area contributed by atoms with Crippen molar-refractivity contribution in [3.63, 3.8) is 0 Å². The van der Waals surface area contributed by atoms with Gasteiger partial charge in [-0.05, 0) is 54.5 Å². The fourth-order valence-electron chi connectivity index (χ4n) is 3.91. The van der Waals surface area contributed by atoms with E-state index in [0.29, 0.717) is 11.3 Å². The monoisotopic (exact) mass is 587 g/mol. The molecule has 0 fully saturated rings. The maximum absolute atomic E-state index is 13.5. The van der Waals surface area contributed by atoms with Crippen molar-refractivity contribution in [2.24, 2.45) is 11.5 Å². The molecule has 13 heteroatoms. The third kappa shape index (κ3) is 11.9. The zero-order chi connectivity index (χ0) is 30.4. The van der Waals surface area contributed by atoms with E-state index >= 15 is 0 Å². The van der Waals surface area contributed by atoms with Gasteiger partial charge in [-0.2, -0.15) is 11.8 Å². The first-order valence-corrected chi connectivity index (χ1v) is 14.4. The summed E-state index contributed by atoms with van der Waals surface area (Å²) in [5, 5.41) is 26.6. The Morgan fingerprint density at radius 2 is 1.34 bits per heavy atom. The zero-order valence-corrected chi connectivity index (χ0v) is 23.6. The molecule has 4 atom stereocenters. The van der Waals surface area contributed by atoms with Gasteiger partial charge in [-0.25, -0.2) is 4.79 Å². The molecule has 0 saturated heterocycles. The Kier molecular flexibility index (Phi) is 13.6. The first kappa shape index (κ1) is 33.1. The van der Waals surface area contributed by atoms with Gasteiger partial charge in [0.05, 0.1) is 6.04 Å². The molecular formula is C28H37N5O7S. The van der Waals surface area contributed by atoms with Crippen LogP contribution < -0.4 is 27.4 Å². The number of carboxylic acids is 1. The number of phenols is 1. The Morgan fingerprint density at radius 3 is 1.93 bits per heavy atom. The molecule has 0 aliphatic rings. The molecule has 0 bridgehead atoms. The first-order valence-electron chi connectivity index (χ1n) is 13.0. The highest BCUT2D eigenvalue weighted by Crippen LogP contribution is 2.12. The largest absolute Gasteiger partial charge is 0.508 e. The SMILES string of the molecule is CSCCC(NC(=O)C(Cc1ccccc1)NC(=O)C(N)Cc1ccc(O)cc1)C(=O)NC(CCC(N)=O)C(=O)O. The second-order valence-electron chi connectivity index (χ2n) is 9.48. The number of aromatic hydroxyl groups is 1. The van der Waals surface area contributed by atoms with Crippen molar-refractivity contribution in [1.29, 1.82) is 0 Å². The van der Waals surface area contributed by atoms with Crippen LogP contribution in [0.3, 0.4) is 0 Å². The summed E-state index contributed by atoms with van der Waals surface area (Å²) in [4.78, 5) is 62.2. The van der Waals surface area contributed by atoms with Gasteiger partial charge >= 0.3 is 5.97 Å². The smallest absolute Gasteiger partial charge is 0.326 e. The van der Waals surface area contributed by atoms with E-state index in [1.165, 1.54) is 23.9 Å². The van der Waals surface area contributed by atoms with Crippen molar-refractivity contribution in [3.8, 4) is 5.75 Å². The summed E-state index contributed by atoms with van der Waals surface area (Å²) in [6, 6.07) is 10.6. The third-order valence-electron chi connectivity index (χ3n) is 6.18. The Bertz CT molecular complexity index is 1180. The molecular weight excluding hydrogens is 550 g/mol. The van der Waals surface area contributed by atoms with Crippen molar-refractivity contribution in [2.45, 2.75) is 56.3 Å². The summed E-state index contributed by atoms with van der Waals surface area (Å²) in [6.07, 6.45) is 1.83. The van der Waals surface area contributed by atoms with Crippen molar-refractivity contribution in [2.75, 3.05) is 12.0 Å². The van der Waals surface area contributed by atoms with Gasteiger partial charge in [-0.3, -0.25) is 19.2 Å². The number of amides is 4. The third-order valence-corrected chi connectivity index (χ3v) is 6.83. The molecule has 0 radical (unpaired) electrons. The van der Waals surface area contributed by atoms with E-state index in [4.69, 9.17) is 11.5 Å². The summed E-state index contributed by atoms with van der Waals surface area (Å²) in [5.41, 5.74) is 12.7. The Morgan fingerprint density at radius 1 is 0.780 bits per heavy atom. The van der Waals surface area contributed by atoms with Crippen LogP contribution in [0.4, 0.5) is 0 Å². The lowest BCUT2D eigenvalue weighted by Crippen LogP contribution is -2.58. The summed E-state index contributed by atoms with van der Waals surface area (Å²) in [5.74, 6) is -3.47. The van der Waals surface area contributed by atoms with E-state index in [2.05, 4.69) is 16.0 Å². The highest BCUT2D eigenvalue weighted by atomic mass is 32.2. The molecule has 41 heavy (non-hydrogen) atoms. The Labute approximate surface area is 242 Å². The normalized spacial score (nSPS) is 13.7. The molecule has 0 heterocycles. The number of aliphatic carboxylic acids is 1. The first-order chi connectivity index (χ1) is 19.5. The Balaban J connectivity index is 2.19. The van der Waals surface area contributed by atoms with Crippen LogP contribution in [-0.4, -0.2) is 76.0 Å². The maximum atomic E-state index is 13.5. The number of carboxylic acid groups (broad SMARTS) is 1. The topological polar surface area (TPSA) is 214 Å². The van der Waals surface area contributed by atoms with Gasteiger partial charge in [0.1, 0.15) is 23.9 Å². The van der Waals surface area contributed by atoms with Crippen LogP contribution in [-0.2, 0) is 36.8 Å². The standard InChI is InChI=1S/C28H37N5O7S/c1-41-14-13-21(26(37)32-22(28(39)40)11-12-24(30)35)31-27(38)23(16-17-5-3-2-4-6-17)33-25(36)20(29)15-18-7-9-19(34)10-8-18/h2-10,20-23,34H,11-16,29H2,1H3,(H2,30,35)(H,31,38)(H,32,37)(H,33,36)(H,39,40). The number of rotatable bonds is 17. The van der Waals surface area contributed by atoms with Crippen LogP contribution in [0.25, 0.3) is 0 Å². The van der Waals surface area contributed by atoms with Crippen LogP contribution in [0.5, 0.6) is 5.75 Å². The van der Waals surface area contributed by atoms with Gasteiger partial charge in [0.15, 0.2) is 0 Å². The average molecular weight is 588 g/mol. The molecule has 222 valence electrons. The molecule has 0 saturated carbocycles. The molecule has 2 aromatic rings. The fraction of sp³-hybridized carbons (Fsp3) is 0.393. The van der Waals surface area contributed by atoms with E-state index in [1.54, 1.807) is 36.4 Å². The molecule has 0 aromatic heterocycles. The van der Waals surface area contributed by atoms with E-state index in [-0.39, 0.29) is 37.9 Å². The number of benzene rings is 2. The van der Waals surface area contributed by atoms with Gasteiger partial charge in [0.2, 0.25) is 23.6 Å². The molecule has 2 aromatic carbocycles. The summed E-state index contributed by atoms with van der Waals surface area (Å²) in [6.45, 7) is 0. The van der Waals surface area contributed by atoms with Gasteiger partial charge in [-0.15, -0.1) is 0 Å². The predicted octanol–water partition coefficient (Wildman–Crippen LogP) is 0.0623. The quantitative estimate of drug-likeness (QED) is 0.133. The molecule has 9 N–H and O–H groups in total. The van der Waals surface area contributed by atoms with E-state index in [1.807, 2.05) is 12.3 Å². The number of thioether (sulfide) groups is 1.